The van der Waals surface area contributed by atoms with Crippen LogP contribution in [0.15, 0.2) is 36.6 Å². The van der Waals surface area contributed by atoms with Crippen LogP contribution in [0, 0.1) is 0 Å². The van der Waals surface area contributed by atoms with Crippen molar-refractivity contribution in [3.05, 3.63) is 36.6 Å². The first-order chi connectivity index (χ1) is 24.7. The summed E-state index contributed by atoms with van der Waals surface area (Å²) in [4.78, 5) is 33.4. The molecular weight excluding hydrogens is 669 g/mol. The van der Waals surface area contributed by atoms with E-state index in [0.29, 0.717) is 6.42 Å². The van der Waals surface area contributed by atoms with Crippen molar-refractivity contribution in [2.45, 2.75) is 187 Å². The average Bonchev–Trinajstić information content (AvgIpc) is 3.10. The smallest absolute Gasteiger partial charge is 0.472 e. The minimum Gasteiger partial charge on any atom is -0.498 e. The third kappa shape index (κ3) is 36.2. The standard InChI is InChI=1S/C40H74NO9P/c1-3-5-7-9-11-13-15-17-19-20-22-24-26-28-30-32-39(42)50-37(35-48-51(45,46)49-36-38(41)40(43)44)34-47-33-31-29-27-25-23-21-18-16-14-12-10-8-6-4-2/h11,13,17,19,31,33,37-38H,3-10,12,14-16,18,20-30,32,34-36,41H2,1-2H3,(H,43,44)(H,45,46)/b13-11-,19-17-,33-31-/t37-,38+/m1/s1. The highest BCUT2D eigenvalue weighted by molar-refractivity contribution is 7.47. The lowest BCUT2D eigenvalue weighted by atomic mass is 10.0. The summed E-state index contributed by atoms with van der Waals surface area (Å²) in [5.41, 5.74) is 5.33. The maximum absolute atomic E-state index is 12.6. The van der Waals surface area contributed by atoms with Crippen molar-refractivity contribution >= 4 is 19.8 Å². The molecule has 0 aliphatic rings. The number of carboxylic acids is 1. The van der Waals surface area contributed by atoms with E-state index in [0.717, 1.165) is 51.4 Å². The number of aliphatic carboxylic acids is 1. The van der Waals surface area contributed by atoms with E-state index in [4.69, 9.17) is 24.8 Å². The zero-order valence-corrected chi connectivity index (χ0v) is 33.1. The molecule has 0 aromatic carbocycles. The van der Waals surface area contributed by atoms with E-state index >= 15 is 0 Å². The lowest BCUT2D eigenvalue weighted by molar-refractivity contribution is -0.153. The predicted octanol–water partition coefficient (Wildman–Crippen LogP) is 10.9. The second-order valence-electron chi connectivity index (χ2n) is 13.5. The van der Waals surface area contributed by atoms with Crippen LogP contribution >= 0.6 is 7.82 Å². The van der Waals surface area contributed by atoms with Crippen molar-refractivity contribution in [1.82, 2.24) is 0 Å². The van der Waals surface area contributed by atoms with Crippen molar-refractivity contribution in [2.75, 3.05) is 19.8 Å². The van der Waals surface area contributed by atoms with E-state index in [-0.39, 0.29) is 13.0 Å². The van der Waals surface area contributed by atoms with E-state index in [1.54, 1.807) is 6.26 Å². The Kier molecular flexibility index (Phi) is 35.0. The third-order valence-electron chi connectivity index (χ3n) is 8.49. The van der Waals surface area contributed by atoms with E-state index in [1.165, 1.54) is 96.3 Å². The molecule has 0 aliphatic heterocycles. The molecule has 0 heterocycles. The molecule has 0 aromatic rings. The van der Waals surface area contributed by atoms with E-state index in [9.17, 15) is 19.0 Å². The van der Waals surface area contributed by atoms with Gasteiger partial charge in [0.1, 0.15) is 12.6 Å². The number of ether oxygens (including phenoxy) is 2. The number of hydrogen-bond donors (Lipinski definition) is 3. The van der Waals surface area contributed by atoms with E-state index < -0.39 is 45.1 Å². The van der Waals surface area contributed by atoms with Gasteiger partial charge < -0.3 is 25.2 Å². The van der Waals surface area contributed by atoms with Crippen LogP contribution in [0.25, 0.3) is 0 Å². The Labute approximate surface area is 310 Å². The Hall–Kier alpha value is -1.97. The van der Waals surface area contributed by atoms with Gasteiger partial charge in [0.15, 0.2) is 6.10 Å². The Morgan fingerprint density at radius 1 is 0.627 bits per heavy atom. The van der Waals surface area contributed by atoms with Crippen LogP contribution in [0.1, 0.15) is 174 Å². The fourth-order valence-electron chi connectivity index (χ4n) is 5.30. The molecule has 0 aliphatic carbocycles. The van der Waals surface area contributed by atoms with Crippen molar-refractivity contribution in [2.24, 2.45) is 5.73 Å². The van der Waals surface area contributed by atoms with Gasteiger partial charge in [-0.25, -0.2) is 4.57 Å². The van der Waals surface area contributed by atoms with Crippen LogP contribution in [-0.4, -0.2) is 53.9 Å². The molecule has 0 bridgehead atoms. The summed E-state index contributed by atoms with van der Waals surface area (Å²) in [6, 6.07) is -1.48. The molecule has 0 amide bonds. The van der Waals surface area contributed by atoms with Gasteiger partial charge in [0.2, 0.25) is 0 Å². The van der Waals surface area contributed by atoms with Gasteiger partial charge in [0, 0.05) is 6.42 Å². The summed E-state index contributed by atoms with van der Waals surface area (Å²) in [7, 11) is -4.63. The first-order valence-corrected chi connectivity index (χ1v) is 21.6. The summed E-state index contributed by atoms with van der Waals surface area (Å²) in [6.07, 6.45) is 39.9. The SMILES string of the molecule is CCCCC/C=C\C/C=C\CCCCCCCC(=O)O[C@H](CO/C=C\CCCCCCCCCCCCCC)COP(=O)(O)OC[C@H](N)C(=O)O. The Balaban J connectivity index is 4.37. The summed E-state index contributed by atoms with van der Waals surface area (Å²) in [6.45, 7) is 3.22. The number of phosphoric acid groups is 1. The van der Waals surface area contributed by atoms with Crippen LogP contribution in [-0.2, 0) is 32.7 Å². The Bertz CT molecular complexity index is 956. The van der Waals surface area contributed by atoms with Crippen LogP contribution in [0.2, 0.25) is 0 Å². The molecule has 0 saturated heterocycles. The average molecular weight is 744 g/mol. The van der Waals surface area contributed by atoms with Crippen LogP contribution in [0.4, 0.5) is 0 Å². The van der Waals surface area contributed by atoms with Crippen LogP contribution in [0.3, 0.4) is 0 Å². The number of rotatable bonds is 38. The number of unbranched alkanes of at least 4 members (excludes halogenated alkanes) is 20. The van der Waals surface area contributed by atoms with Gasteiger partial charge in [0.05, 0.1) is 19.5 Å². The molecule has 51 heavy (non-hydrogen) atoms. The topological polar surface area (TPSA) is 155 Å². The fraction of sp³-hybridized carbons (Fsp3) is 0.800. The van der Waals surface area contributed by atoms with Gasteiger partial charge >= 0.3 is 19.8 Å². The van der Waals surface area contributed by atoms with Crippen molar-refractivity contribution in [3.8, 4) is 0 Å². The second kappa shape index (κ2) is 36.4. The number of nitrogens with two attached hydrogens (primary N) is 1. The zero-order chi connectivity index (χ0) is 37.7. The first kappa shape index (κ1) is 49.0. The minimum atomic E-state index is -4.63. The summed E-state index contributed by atoms with van der Waals surface area (Å²) in [5, 5.41) is 8.87. The molecule has 10 nitrogen and oxygen atoms in total. The molecule has 0 spiro atoms. The zero-order valence-electron chi connectivity index (χ0n) is 32.2. The molecule has 11 heteroatoms. The molecule has 4 N–H and O–H groups in total. The number of allylic oxidation sites excluding steroid dienone is 5. The number of hydrogen-bond acceptors (Lipinski definition) is 8. The molecular formula is C40H74NO9P. The highest BCUT2D eigenvalue weighted by atomic mass is 31.2. The molecule has 3 atom stereocenters. The van der Waals surface area contributed by atoms with E-state index in [1.807, 2.05) is 6.08 Å². The number of carbonyl (C=O) groups is 2. The van der Waals surface area contributed by atoms with E-state index in [2.05, 4.69) is 42.7 Å². The second-order valence-corrected chi connectivity index (χ2v) is 14.9. The predicted molar refractivity (Wildman–Crippen MR) is 207 cm³/mol. The number of phosphoric ester groups is 1. The van der Waals surface area contributed by atoms with Gasteiger partial charge in [-0.2, -0.15) is 0 Å². The minimum absolute atomic E-state index is 0.0719. The van der Waals surface area contributed by atoms with Gasteiger partial charge in [-0.3, -0.25) is 18.6 Å². The highest BCUT2D eigenvalue weighted by Crippen LogP contribution is 2.43. The maximum Gasteiger partial charge on any atom is 0.472 e. The van der Waals surface area contributed by atoms with Crippen LogP contribution < -0.4 is 5.73 Å². The molecule has 0 fully saturated rings. The summed E-state index contributed by atoms with van der Waals surface area (Å²) >= 11 is 0. The highest BCUT2D eigenvalue weighted by Gasteiger charge is 2.27. The first-order valence-electron chi connectivity index (χ1n) is 20.1. The van der Waals surface area contributed by atoms with Gasteiger partial charge in [-0.15, -0.1) is 0 Å². The lowest BCUT2D eigenvalue weighted by Gasteiger charge is -2.20. The van der Waals surface area contributed by atoms with Crippen molar-refractivity contribution < 1.29 is 42.7 Å². The molecule has 0 saturated carbocycles. The normalized spacial score (nSPS) is 14.4. The number of carbonyl (C=O) groups excluding carboxylic acids is 1. The van der Waals surface area contributed by atoms with Crippen molar-refractivity contribution in [1.29, 1.82) is 0 Å². The van der Waals surface area contributed by atoms with Gasteiger partial charge in [-0.1, -0.05) is 141 Å². The fourth-order valence-corrected chi connectivity index (χ4v) is 6.08. The molecule has 0 rings (SSSR count). The Morgan fingerprint density at radius 3 is 1.63 bits per heavy atom. The summed E-state index contributed by atoms with van der Waals surface area (Å²) in [5.74, 6) is -1.82. The Morgan fingerprint density at radius 2 is 1.08 bits per heavy atom. The third-order valence-corrected chi connectivity index (χ3v) is 9.44. The molecule has 0 aromatic heterocycles. The lowest BCUT2D eigenvalue weighted by Crippen LogP contribution is -2.34. The van der Waals surface area contributed by atoms with Gasteiger partial charge in [0.25, 0.3) is 0 Å². The summed E-state index contributed by atoms with van der Waals surface area (Å²) < 4.78 is 33.0. The molecule has 0 radical (unpaired) electrons. The number of esters is 1. The van der Waals surface area contributed by atoms with Gasteiger partial charge in [-0.05, 0) is 57.4 Å². The monoisotopic (exact) mass is 744 g/mol. The largest absolute Gasteiger partial charge is 0.498 e. The molecule has 1 unspecified atom stereocenters. The maximum atomic E-state index is 12.6. The molecule has 298 valence electrons. The number of carboxylic acid groups (broad SMARTS) is 1. The van der Waals surface area contributed by atoms with Crippen LogP contribution in [0.5, 0.6) is 0 Å². The van der Waals surface area contributed by atoms with Crippen molar-refractivity contribution in [3.63, 3.8) is 0 Å². The quantitative estimate of drug-likeness (QED) is 0.0183.